The van der Waals surface area contributed by atoms with E-state index >= 15 is 0 Å². The van der Waals surface area contributed by atoms with E-state index in [1.807, 2.05) is 60.9 Å². The van der Waals surface area contributed by atoms with Gasteiger partial charge >= 0.3 is 0 Å². The first-order valence-corrected chi connectivity index (χ1v) is 12.9. The number of hydrogen-bond donors (Lipinski definition) is 0. The van der Waals surface area contributed by atoms with Crippen LogP contribution in [0, 0.1) is 0 Å². The topological polar surface area (TPSA) is 78.9 Å². The molecular formula is C24H30ClN5O3S. The van der Waals surface area contributed by atoms with Crippen molar-refractivity contribution < 1.29 is 14.3 Å². The number of piperazine rings is 1. The van der Waals surface area contributed by atoms with Crippen LogP contribution in [0.2, 0.25) is 5.15 Å². The molecular weight excluding hydrogens is 474 g/mol. The smallest absolute Gasteiger partial charge is 0.254 e. The molecule has 0 bridgehead atoms. The number of carbonyl (C=O) groups is 2. The number of carbonyl (C=O) groups excluding carboxylic acids is 2. The van der Waals surface area contributed by atoms with Crippen LogP contribution >= 0.6 is 23.4 Å². The normalized spacial score (nSPS) is 23.2. The third-order valence-electron chi connectivity index (χ3n) is 5.99. The number of morpholine rings is 1. The summed E-state index contributed by atoms with van der Waals surface area (Å²) in [4.78, 5) is 40.4. The van der Waals surface area contributed by atoms with E-state index in [2.05, 4.69) is 14.9 Å². The van der Waals surface area contributed by atoms with Gasteiger partial charge in [-0.15, -0.1) is 0 Å². The lowest BCUT2D eigenvalue weighted by molar-refractivity contribution is -0.140. The standard InChI is InChI=1S/C24H30ClN5O3S/c1-16-12-28(9-10-30(16)23(32)19-7-5-4-6-8-19)21-11-20(25)26-24(27-21)34-15-22(31)29-13-17(2)33-18(3)14-29/h4-8,11,16-18H,9-10,12-15H2,1-3H3. The Labute approximate surface area is 209 Å². The Kier molecular flexibility index (Phi) is 7.95. The fourth-order valence-electron chi connectivity index (χ4n) is 4.43. The van der Waals surface area contributed by atoms with E-state index in [0.717, 1.165) is 0 Å². The molecule has 4 rings (SSSR count). The first-order chi connectivity index (χ1) is 16.3. The lowest BCUT2D eigenvalue weighted by atomic mass is 10.1. The monoisotopic (exact) mass is 503 g/mol. The van der Waals surface area contributed by atoms with Gasteiger partial charge in [0, 0.05) is 50.4 Å². The number of thioether (sulfide) groups is 1. The molecule has 0 N–H and O–H groups in total. The second kappa shape index (κ2) is 10.9. The zero-order valence-corrected chi connectivity index (χ0v) is 21.3. The van der Waals surface area contributed by atoms with Crippen LogP contribution in [-0.2, 0) is 9.53 Å². The van der Waals surface area contributed by atoms with Gasteiger partial charge in [-0.3, -0.25) is 9.59 Å². The Morgan fingerprint density at radius 3 is 2.44 bits per heavy atom. The average Bonchev–Trinajstić information content (AvgIpc) is 2.81. The van der Waals surface area contributed by atoms with Crippen LogP contribution < -0.4 is 4.90 Å². The zero-order valence-electron chi connectivity index (χ0n) is 19.7. The van der Waals surface area contributed by atoms with Crippen molar-refractivity contribution in [2.45, 2.75) is 44.2 Å². The van der Waals surface area contributed by atoms with E-state index in [1.54, 1.807) is 6.07 Å². The maximum Gasteiger partial charge on any atom is 0.254 e. The van der Waals surface area contributed by atoms with Crippen LogP contribution in [-0.4, -0.2) is 88.3 Å². The summed E-state index contributed by atoms with van der Waals surface area (Å²) >= 11 is 7.59. The van der Waals surface area contributed by atoms with E-state index in [9.17, 15) is 9.59 Å². The molecule has 1 aromatic heterocycles. The van der Waals surface area contributed by atoms with Gasteiger partial charge in [0.1, 0.15) is 11.0 Å². The Bertz CT molecular complexity index is 1020. The summed E-state index contributed by atoms with van der Waals surface area (Å²) in [6.07, 6.45) is 0.0577. The van der Waals surface area contributed by atoms with Crippen LogP contribution in [0.4, 0.5) is 5.82 Å². The highest BCUT2D eigenvalue weighted by atomic mass is 35.5. The van der Waals surface area contributed by atoms with Gasteiger partial charge in [0.2, 0.25) is 5.91 Å². The quantitative estimate of drug-likeness (QED) is 0.352. The van der Waals surface area contributed by atoms with Crippen molar-refractivity contribution in [3.8, 4) is 0 Å². The van der Waals surface area contributed by atoms with Crippen molar-refractivity contribution in [3.63, 3.8) is 0 Å². The molecule has 2 aromatic rings. The van der Waals surface area contributed by atoms with Gasteiger partial charge in [-0.05, 0) is 32.9 Å². The van der Waals surface area contributed by atoms with E-state index in [4.69, 9.17) is 16.3 Å². The molecule has 182 valence electrons. The molecule has 2 aliphatic rings. The highest BCUT2D eigenvalue weighted by molar-refractivity contribution is 7.99. The minimum atomic E-state index is 0.0122. The van der Waals surface area contributed by atoms with Gasteiger partial charge in [0.25, 0.3) is 5.91 Å². The van der Waals surface area contributed by atoms with Crippen LogP contribution in [0.5, 0.6) is 0 Å². The van der Waals surface area contributed by atoms with Gasteiger partial charge in [-0.2, -0.15) is 0 Å². The number of amides is 2. The molecule has 3 atom stereocenters. The molecule has 3 unspecified atom stereocenters. The number of hydrogen-bond acceptors (Lipinski definition) is 7. The second-order valence-electron chi connectivity index (χ2n) is 8.84. The second-order valence-corrected chi connectivity index (χ2v) is 10.2. The molecule has 34 heavy (non-hydrogen) atoms. The number of benzene rings is 1. The minimum absolute atomic E-state index is 0.0122. The van der Waals surface area contributed by atoms with Crippen LogP contribution in [0.15, 0.2) is 41.6 Å². The van der Waals surface area contributed by atoms with Gasteiger partial charge in [0.05, 0.1) is 18.0 Å². The molecule has 2 fully saturated rings. The number of rotatable bonds is 5. The molecule has 2 aliphatic heterocycles. The first kappa shape index (κ1) is 24.8. The number of halogens is 1. The van der Waals surface area contributed by atoms with Gasteiger partial charge < -0.3 is 19.4 Å². The summed E-state index contributed by atoms with van der Waals surface area (Å²) in [5, 5.41) is 0.810. The molecule has 0 aliphatic carbocycles. The first-order valence-electron chi connectivity index (χ1n) is 11.5. The van der Waals surface area contributed by atoms with E-state index in [-0.39, 0.29) is 35.8 Å². The zero-order chi connectivity index (χ0) is 24.2. The molecule has 1 aromatic carbocycles. The van der Waals surface area contributed by atoms with Crippen molar-refractivity contribution >= 4 is 41.0 Å². The summed E-state index contributed by atoms with van der Waals surface area (Å²) in [5.41, 5.74) is 0.695. The third-order valence-corrected chi connectivity index (χ3v) is 7.02. The Balaban J connectivity index is 1.37. The van der Waals surface area contributed by atoms with E-state index in [1.165, 1.54) is 11.8 Å². The van der Waals surface area contributed by atoms with Crippen LogP contribution in [0.25, 0.3) is 0 Å². The fourth-order valence-corrected chi connectivity index (χ4v) is 5.41. The number of anilines is 1. The maximum atomic E-state index is 12.9. The molecule has 0 radical (unpaired) electrons. The number of nitrogens with zero attached hydrogens (tertiary/aromatic N) is 5. The third kappa shape index (κ3) is 6.00. The van der Waals surface area contributed by atoms with Crippen molar-refractivity contribution in [2.24, 2.45) is 0 Å². The summed E-state index contributed by atoms with van der Waals surface area (Å²) < 4.78 is 5.71. The number of aromatic nitrogens is 2. The summed E-state index contributed by atoms with van der Waals surface area (Å²) in [7, 11) is 0. The largest absolute Gasteiger partial charge is 0.372 e. The van der Waals surface area contributed by atoms with E-state index < -0.39 is 0 Å². The lowest BCUT2D eigenvalue weighted by Crippen LogP contribution is -2.54. The van der Waals surface area contributed by atoms with Crippen molar-refractivity contribution in [1.82, 2.24) is 19.8 Å². The summed E-state index contributed by atoms with van der Waals surface area (Å²) in [6, 6.07) is 11.1. The predicted molar refractivity (Wildman–Crippen MR) is 134 cm³/mol. The average molecular weight is 504 g/mol. The Morgan fingerprint density at radius 2 is 1.76 bits per heavy atom. The Hall–Kier alpha value is -2.36. The molecule has 8 nitrogen and oxygen atoms in total. The SMILES string of the molecule is CC1CN(C(=O)CSc2nc(Cl)cc(N3CCN(C(=O)c4ccccc4)C(C)C3)n2)CC(C)O1. The Morgan fingerprint density at radius 1 is 1.06 bits per heavy atom. The van der Waals surface area contributed by atoms with Crippen molar-refractivity contribution in [1.29, 1.82) is 0 Å². The van der Waals surface area contributed by atoms with Crippen LogP contribution in [0.3, 0.4) is 0 Å². The van der Waals surface area contributed by atoms with Crippen LogP contribution in [0.1, 0.15) is 31.1 Å². The van der Waals surface area contributed by atoms with Gasteiger partial charge in [-0.1, -0.05) is 41.6 Å². The van der Waals surface area contributed by atoms with Crippen molar-refractivity contribution in [3.05, 3.63) is 47.1 Å². The molecule has 0 spiro atoms. The molecule has 2 amide bonds. The summed E-state index contributed by atoms with van der Waals surface area (Å²) in [5.74, 6) is 1.03. The minimum Gasteiger partial charge on any atom is -0.372 e. The fraction of sp³-hybridized carbons (Fsp3) is 0.500. The lowest BCUT2D eigenvalue weighted by Gasteiger charge is -2.40. The number of ether oxygens (including phenoxy) is 1. The van der Waals surface area contributed by atoms with Gasteiger partial charge in [0.15, 0.2) is 5.16 Å². The molecule has 10 heteroatoms. The highest BCUT2D eigenvalue weighted by Gasteiger charge is 2.29. The molecule has 3 heterocycles. The maximum absolute atomic E-state index is 12.9. The summed E-state index contributed by atoms with van der Waals surface area (Å²) in [6.45, 7) is 9.04. The predicted octanol–water partition coefficient (Wildman–Crippen LogP) is 3.21. The van der Waals surface area contributed by atoms with Crippen molar-refractivity contribution in [2.75, 3.05) is 43.4 Å². The van der Waals surface area contributed by atoms with Gasteiger partial charge in [-0.25, -0.2) is 9.97 Å². The molecule has 2 saturated heterocycles. The van der Waals surface area contributed by atoms with E-state index in [0.29, 0.717) is 54.4 Å². The highest BCUT2D eigenvalue weighted by Crippen LogP contribution is 2.25. The molecule has 0 saturated carbocycles.